The smallest absolute Gasteiger partial charge is 0.410 e. The second-order valence-corrected chi connectivity index (χ2v) is 6.11. The highest BCUT2D eigenvalue weighted by molar-refractivity contribution is 5.70. The molecule has 2 rings (SSSR count). The number of piperidine rings is 1. The van der Waals surface area contributed by atoms with E-state index in [1.54, 1.807) is 6.08 Å². The number of hydrogen-bond acceptors (Lipinski definition) is 3. The number of carbonyl (C=O) groups excluding carboxylic acids is 1. The van der Waals surface area contributed by atoms with Crippen LogP contribution in [0, 0.1) is 11.3 Å². The van der Waals surface area contributed by atoms with E-state index < -0.39 is 5.60 Å². The minimum atomic E-state index is -0.445. The molecular weight excluding hydrogens is 228 g/mol. The Morgan fingerprint density at radius 3 is 2.39 bits per heavy atom. The van der Waals surface area contributed by atoms with Gasteiger partial charge in [-0.05, 0) is 46.5 Å². The van der Waals surface area contributed by atoms with E-state index in [-0.39, 0.29) is 18.2 Å². The predicted molar refractivity (Wildman–Crippen MR) is 67.8 cm³/mol. The van der Waals surface area contributed by atoms with Crippen molar-refractivity contribution in [2.24, 2.45) is 0 Å². The van der Waals surface area contributed by atoms with Gasteiger partial charge < -0.3 is 9.64 Å². The van der Waals surface area contributed by atoms with Crippen LogP contribution in [0.4, 0.5) is 4.79 Å². The summed E-state index contributed by atoms with van der Waals surface area (Å²) in [5, 5.41) is 8.71. The zero-order chi connectivity index (χ0) is 13.3. The van der Waals surface area contributed by atoms with Crippen molar-refractivity contribution < 1.29 is 9.53 Å². The van der Waals surface area contributed by atoms with Crippen LogP contribution in [-0.2, 0) is 4.74 Å². The van der Waals surface area contributed by atoms with Crippen LogP contribution in [-0.4, -0.2) is 28.7 Å². The molecule has 0 saturated carbocycles. The van der Waals surface area contributed by atoms with E-state index in [0.29, 0.717) is 0 Å². The van der Waals surface area contributed by atoms with Gasteiger partial charge in [0.25, 0.3) is 0 Å². The first-order valence-corrected chi connectivity index (χ1v) is 6.49. The fourth-order valence-corrected chi connectivity index (χ4v) is 2.87. The van der Waals surface area contributed by atoms with Gasteiger partial charge in [0.2, 0.25) is 0 Å². The van der Waals surface area contributed by atoms with Crippen LogP contribution in [0.1, 0.15) is 46.5 Å². The average Bonchev–Trinajstić information content (AvgIpc) is 2.49. The lowest BCUT2D eigenvalue weighted by Crippen LogP contribution is -2.46. The standard InChI is InChI=1S/C14H20N2O2/c1-14(2,3)18-13(17)16-11-4-5-12(16)9-10(8-11)6-7-15/h6,11-12H,4-5,8-9H2,1-3H3/t11-,12?/m1/s1. The van der Waals surface area contributed by atoms with Crippen LogP contribution in [0.2, 0.25) is 0 Å². The van der Waals surface area contributed by atoms with E-state index in [1.807, 2.05) is 25.7 Å². The number of nitriles is 1. The van der Waals surface area contributed by atoms with Crippen molar-refractivity contribution in [3.8, 4) is 6.07 Å². The normalized spacial score (nSPS) is 29.2. The monoisotopic (exact) mass is 248 g/mol. The van der Waals surface area contributed by atoms with Gasteiger partial charge in [-0.3, -0.25) is 0 Å². The van der Waals surface area contributed by atoms with E-state index in [4.69, 9.17) is 10.00 Å². The third-order valence-electron chi connectivity index (χ3n) is 3.49. The van der Waals surface area contributed by atoms with Crippen LogP contribution in [0.25, 0.3) is 0 Å². The SMILES string of the molecule is CC(C)(C)OC(=O)N1C2CC[C@@H]1CC(=CC#N)C2. The Balaban J connectivity index is 2.08. The third-order valence-corrected chi connectivity index (χ3v) is 3.49. The maximum Gasteiger partial charge on any atom is 0.410 e. The molecule has 0 aromatic carbocycles. The largest absolute Gasteiger partial charge is 0.444 e. The number of ether oxygens (including phenoxy) is 1. The number of fused-ring (bicyclic) bond motifs is 2. The van der Waals surface area contributed by atoms with Gasteiger partial charge in [0, 0.05) is 18.2 Å². The minimum absolute atomic E-state index is 0.203. The zero-order valence-electron chi connectivity index (χ0n) is 11.3. The molecule has 98 valence electrons. The van der Waals surface area contributed by atoms with Crippen molar-refractivity contribution in [1.82, 2.24) is 4.90 Å². The molecular formula is C14H20N2O2. The fourth-order valence-electron chi connectivity index (χ4n) is 2.87. The summed E-state index contributed by atoms with van der Waals surface area (Å²) < 4.78 is 5.46. The molecule has 0 radical (unpaired) electrons. The Hall–Kier alpha value is -1.50. The lowest BCUT2D eigenvalue weighted by Gasteiger charge is -2.36. The maximum absolute atomic E-state index is 12.2. The Morgan fingerprint density at radius 2 is 1.94 bits per heavy atom. The molecule has 2 bridgehead atoms. The molecule has 2 aliphatic heterocycles. The van der Waals surface area contributed by atoms with Gasteiger partial charge in [0.15, 0.2) is 0 Å². The topological polar surface area (TPSA) is 53.3 Å². The summed E-state index contributed by atoms with van der Waals surface area (Å²) in [6, 6.07) is 2.53. The quantitative estimate of drug-likeness (QED) is 0.619. The van der Waals surface area contributed by atoms with Gasteiger partial charge in [-0.2, -0.15) is 5.26 Å². The van der Waals surface area contributed by atoms with Crippen LogP contribution >= 0.6 is 0 Å². The van der Waals surface area contributed by atoms with Crippen LogP contribution in [0.5, 0.6) is 0 Å². The van der Waals surface area contributed by atoms with Gasteiger partial charge in [0.05, 0.1) is 6.07 Å². The molecule has 4 heteroatoms. The first-order valence-electron chi connectivity index (χ1n) is 6.49. The molecule has 0 aromatic heterocycles. The van der Waals surface area contributed by atoms with Crippen LogP contribution in [0.15, 0.2) is 11.6 Å². The Morgan fingerprint density at radius 1 is 1.39 bits per heavy atom. The number of amides is 1. The van der Waals surface area contributed by atoms with Crippen molar-refractivity contribution in [3.05, 3.63) is 11.6 Å². The molecule has 0 aliphatic carbocycles. The highest BCUT2D eigenvalue weighted by Crippen LogP contribution is 2.39. The molecule has 2 heterocycles. The molecule has 0 N–H and O–H groups in total. The summed E-state index contributed by atoms with van der Waals surface area (Å²) in [5.74, 6) is 0. The van der Waals surface area contributed by atoms with Crippen molar-refractivity contribution in [2.45, 2.75) is 64.1 Å². The summed E-state index contributed by atoms with van der Waals surface area (Å²) in [4.78, 5) is 14.0. The van der Waals surface area contributed by atoms with E-state index in [0.717, 1.165) is 25.7 Å². The van der Waals surface area contributed by atoms with Gasteiger partial charge in [-0.25, -0.2) is 4.79 Å². The fraction of sp³-hybridized carbons (Fsp3) is 0.714. The molecule has 0 aromatic rings. The van der Waals surface area contributed by atoms with Crippen molar-refractivity contribution in [1.29, 1.82) is 5.26 Å². The number of allylic oxidation sites excluding steroid dienone is 1. The number of rotatable bonds is 0. The Bertz CT molecular complexity index is 398. The van der Waals surface area contributed by atoms with Gasteiger partial charge in [-0.1, -0.05) is 5.57 Å². The zero-order valence-corrected chi connectivity index (χ0v) is 11.3. The van der Waals surface area contributed by atoms with Crippen molar-refractivity contribution >= 4 is 6.09 Å². The Kier molecular flexibility index (Phi) is 3.34. The number of nitrogens with zero attached hydrogens (tertiary/aromatic N) is 2. The van der Waals surface area contributed by atoms with Crippen LogP contribution in [0.3, 0.4) is 0 Å². The number of carbonyl (C=O) groups is 1. The average molecular weight is 248 g/mol. The van der Waals surface area contributed by atoms with E-state index >= 15 is 0 Å². The van der Waals surface area contributed by atoms with Gasteiger partial charge in [-0.15, -0.1) is 0 Å². The number of hydrogen-bond donors (Lipinski definition) is 0. The van der Waals surface area contributed by atoms with Crippen LogP contribution < -0.4 is 0 Å². The summed E-state index contributed by atoms with van der Waals surface area (Å²) in [6.07, 6.45) is 5.12. The first-order chi connectivity index (χ1) is 8.40. The van der Waals surface area contributed by atoms with Gasteiger partial charge >= 0.3 is 6.09 Å². The predicted octanol–water partition coefficient (Wildman–Crippen LogP) is 3.00. The summed E-state index contributed by atoms with van der Waals surface area (Å²) in [6.45, 7) is 5.66. The molecule has 2 saturated heterocycles. The molecule has 1 unspecified atom stereocenters. The summed E-state index contributed by atoms with van der Waals surface area (Å²) >= 11 is 0. The van der Waals surface area contributed by atoms with E-state index in [1.165, 1.54) is 5.57 Å². The Labute approximate surface area is 108 Å². The second kappa shape index (κ2) is 4.64. The molecule has 4 nitrogen and oxygen atoms in total. The minimum Gasteiger partial charge on any atom is -0.444 e. The van der Waals surface area contributed by atoms with Gasteiger partial charge in [0.1, 0.15) is 5.60 Å². The lowest BCUT2D eigenvalue weighted by molar-refractivity contribution is 0.0115. The van der Waals surface area contributed by atoms with E-state index in [2.05, 4.69) is 6.07 Å². The van der Waals surface area contributed by atoms with E-state index in [9.17, 15) is 4.79 Å². The third kappa shape index (κ3) is 2.66. The molecule has 2 aliphatic rings. The molecule has 0 spiro atoms. The molecule has 18 heavy (non-hydrogen) atoms. The highest BCUT2D eigenvalue weighted by atomic mass is 16.6. The van der Waals surface area contributed by atoms with Crippen molar-refractivity contribution in [2.75, 3.05) is 0 Å². The highest BCUT2D eigenvalue weighted by Gasteiger charge is 2.42. The van der Waals surface area contributed by atoms with Crippen molar-refractivity contribution in [3.63, 3.8) is 0 Å². The maximum atomic E-state index is 12.2. The second-order valence-electron chi connectivity index (χ2n) is 6.11. The molecule has 2 fully saturated rings. The molecule has 2 atom stereocenters. The summed E-state index contributed by atoms with van der Waals surface area (Å²) in [7, 11) is 0. The summed E-state index contributed by atoms with van der Waals surface area (Å²) in [5.41, 5.74) is 0.726. The molecule has 1 amide bonds. The lowest BCUT2D eigenvalue weighted by atomic mass is 9.97. The first kappa shape index (κ1) is 12.9.